The SMILES string of the molecule is CCCCCCCCCCCCCCCC(CCCC(=O)O)C(=O)O.CCCCCCCCCCCCCCCC(CCOC=O)CC(=O)O. The van der Waals surface area contributed by atoms with Gasteiger partial charge in [-0.25, -0.2) is 0 Å². The summed E-state index contributed by atoms with van der Waals surface area (Å²) in [4.78, 5) is 42.7. The molecule has 0 aliphatic heterocycles. The van der Waals surface area contributed by atoms with Gasteiger partial charge in [0.15, 0.2) is 0 Å². The van der Waals surface area contributed by atoms with Crippen LogP contribution in [0.1, 0.15) is 226 Å². The van der Waals surface area contributed by atoms with E-state index in [1.165, 1.54) is 148 Å². The highest BCUT2D eigenvalue weighted by atomic mass is 16.5. The van der Waals surface area contributed by atoms with Gasteiger partial charge in [-0.2, -0.15) is 0 Å². The second-order valence-corrected chi connectivity index (χ2v) is 14.6. The fourth-order valence-electron chi connectivity index (χ4n) is 6.63. The zero-order valence-electron chi connectivity index (χ0n) is 32.7. The zero-order valence-corrected chi connectivity index (χ0v) is 32.7. The molecule has 8 heteroatoms. The molecule has 2 atom stereocenters. The third-order valence-corrected chi connectivity index (χ3v) is 9.84. The lowest BCUT2D eigenvalue weighted by Crippen LogP contribution is -2.14. The quantitative estimate of drug-likeness (QED) is 0.0423. The average molecular weight is 713 g/mol. The number of rotatable bonds is 39. The second kappa shape index (κ2) is 41.3. The second-order valence-electron chi connectivity index (χ2n) is 14.6. The molecule has 0 aliphatic carbocycles. The predicted octanol–water partition coefficient (Wildman–Crippen LogP) is 12.5. The molecule has 0 aromatic carbocycles. The van der Waals surface area contributed by atoms with Crippen LogP contribution in [0.5, 0.6) is 0 Å². The van der Waals surface area contributed by atoms with E-state index in [2.05, 4.69) is 13.8 Å². The molecule has 0 amide bonds. The zero-order chi connectivity index (χ0) is 37.3. The van der Waals surface area contributed by atoms with E-state index in [-0.39, 0.29) is 24.7 Å². The van der Waals surface area contributed by atoms with E-state index in [4.69, 9.17) is 14.9 Å². The van der Waals surface area contributed by atoms with Crippen LogP contribution in [-0.4, -0.2) is 46.3 Å². The average Bonchev–Trinajstić information content (AvgIpc) is 3.07. The van der Waals surface area contributed by atoms with E-state index in [1.54, 1.807) is 0 Å². The van der Waals surface area contributed by atoms with Crippen LogP contribution in [0.25, 0.3) is 0 Å². The van der Waals surface area contributed by atoms with Gasteiger partial charge in [-0.15, -0.1) is 0 Å². The molecule has 3 N–H and O–H groups in total. The van der Waals surface area contributed by atoms with Crippen molar-refractivity contribution in [3.05, 3.63) is 0 Å². The van der Waals surface area contributed by atoms with Crippen molar-refractivity contribution >= 4 is 24.4 Å². The monoisotopic (exact) mass is 713 g/mol. The maximum Gasteiger partial charge on any atom is 0.306 e. The summed E-state index contributed by atoms with van der Waals surface area (Å²) in [5, 5.41) is 26.7. The largest absolute Gasteiger partial charge is 0.481 e. The number of carboxylic acids is 3. The number of hydrogen-bond donors (Lipinski definition) is 3. The van der Waals surface area contributed by atoms with E-state index >= 15 is 0 Å². The third kappa shape index (κ3) is 42.0. The molecule has 0 spiro atoms. The first-order chi connectivity index (χ1) is 24.3. The molecule has 0 aromatic rings. The summed E-state index contributed by atoms with van der Waals surface area (Å²) in [5.74, 6) is -2.61. The lowest BCUT2D eigenvalue weighted by molar-refractivity contribution is -0.143. The Bertz CT molecular complexity index is 756. The van der Waals surface area contributed by atoms with Crippen molar-refractivity contribution in [1.82, 2.24) is 0 Å². The highest BCUT2D eigenvalue weighted by Gasteiger charge is 2.17. The van der Waals surface area contributed by atoms with E-state index < -0.39 is 17.9 Å². The summed E-state index contributed by atoms with van der Waals surface area (Å²) >= 11 is 0. The molecule has 50 heavy (non-hydrogen) atoms. The molecule has 0 bridgehead atoms. The molecule has 0 heterocycles. The Morgan fingerprint density at radius 1 is 0.480 bits per heavy atom. The molecule has 8 nitrogen and oxygen atoms in total. The van der Waals surface area contributed by atoms with Gasteiger partial charge < -0.3 is 20.1 Å². The van der Waals surface area contributed by atoms with Crippen LogP contribution >= 0.6 is 0 Å². The van der Waals surface area contributed by atoms with Crippen LogP contribution in [0, 0.1) is 11.8 Å². The minimum atomic E-state index is -0.843. The molecule has 0 aliphatic rings. The summed E-state index contributed by atoms with van der Waals surface area (Å²) < 4.78 is 4.69. The molecule has 0 rings (SSSR count). The van der Waals surface area contributed by atoms with Crippen molar-refractivity contribution in [2.75, 3.05) is 6.61 Å². The normalized spacial score (nSPS) is 12.1. The fourth-order valence-corrected chi connectivity index (χ4v) is 6.63. The summed E-state index contributed by atoms with van der Waals surface area (Å²) in [5.41, 5.74) is 0. The Hall–Kier alpha value is -2.12. The van der Waals surface area contributed by atoms with E-state index in [9.17, 15) is 24.3 Å². The number of carboxylic acid groups (broad SMARTS) is 3. The molecular formula is C42H80O8. The molecule has 0 aromatic heterocycles. The summed E-state index contributed by atoms with van der Waals surface area (Å²) in [6.45, 7) is 5.28. The van der Waals surface area contributed by atoms with Crippen molar-refractivity contribution in [2.24, 2.45) is 11.8 Å². The van der Waals surface area contributed by atoms with Crippen molar-refractivity contribution in [3.8, 4) is 0 Å². The summed E-state index contributed by atoms with van der Waals surface area (Å²) in [7, 11) is 0. The van der Waals surface area contributed by atoms with Gasteiger partial charge in [0.05, 0.1) is 12.5 Å². The predicted molar refractivity (Wildman–Crippen MR) is 206 cm³/mol. The molecular weight excluding hydrogens is 632 g/mol. The Morgan fingerprint density at radius 2 is 0.840 bits per heavy atom. The van der Waals surface area contributed by atoms with Crippen LogP contribution in [0.15, 0.2) is 0 Å². The maximum absolute atomic E-state index is 11.2. The Kier molecular flexibility index (Phi) is 41.3. The van der Waals surface area contributed by atoms with Gasteiger partial charge in [0, 0.05) is 12.8 Å². The van der Waals surface area contributed by atoms with Gasteiger partial charge in [-0.3, -0.25) is 19.2 Å². The van der Waals surface area contributed by atoms with Gasteiger partial charge in [0.2, 0.25) is 0 Å². The van der Waals surface area contributed by atoms with Crippen LogP contribution in [0.2, 0.25) is 0 Å². The summed E-state index contributed by atoms with van der Waals surface area (Å²) in [6, 6.07) is 0. The van der Waals surface area contributed by atoms with Gasteiger partial charge in [0.1, 0.15) is 0 Å². The lowest BCUT2D eigenvalue weighted by Gasteiger charge is -2.13. The first kappa shape index (κ1) is 50.0. The van der Waals surface area contributed by atoms with Gasteiger partial charge in [-0.1, -0.05) is 181 Å². The van der Waals surface area contributed by atoms with Crippen LogP contribution in [0.3, 0.4) is 0 Å². The van der Waals surface area contributed by atoms with E-state index in [0.717, 1.165) is 25.7 Å². The number of carbonyl (C=O) groups is 4. The molecule has 296 valence electrons. The number of ether oxygens (including phenoxy) is 1. The lowest BCUT2D eigenvalue weighted by atomic mass is 9.94. The Labute approximate surface area is 307 Å². The fraction of sp³-hybridized carbons (Fsp3) is 0.905. The van der Waals surface area contributed by atoms with Crippen molar-refractivity contribution in [2.45, 2.75) is 226 Å². The smallest absolute Gasteiger partial charge is 0.306 e. The molecule has 0 radical (unpaired) electrons. The van der Waals surface area contributed by atoms with Gasteiger partial charge in [0.25, 0.3) is 6.47 Å². The Morgan fingerprint density at radius 3 is 1.18 bits per heavy atom. The maximum atomic E-state index is 11.2. The third-order valence-electron chi connectivity index (χ3n) is 9.84. The van der Waals surface area contributed by atoms with Crippen molar-refractivity contribution in [3.63, 3.8) is 0 Å². The first-order valence-electron chi connectivity index (χ1n) is 21.0. The Balaban J connectivity index is 0. The molecule has 0 saturated heterocycles. The van der Waals surface area contributed by atoms with Crippen molar-refractivity contribution < 1.29 is 39.2 Å². The standard InChI is InChI=1S/2C21H40O4/c1-2-3-4-5-6-7-8-9-10-11-12-13-14-16-19(21(24)25)17-15-18-20(22)23;1-2-3-4-5-6-7-8-9-10-11-12-13-14-15-20(18-21(23)24)16-17-25-19-22/h19H,2-18H2,1H3,(H,22,23)(H,24,25);19-20H,2-18H2,1H3,(H,23,24). The highest BCUT2D eigenvalue weighted by Crippen LogP contribution is 2.20. The first-order valence-corrected chi connectivity index (χ1v) is 21.0. The van der Waals surface area contributed by atoms with Crippen LogP contribution in [0.4, 0.5) is 0 Å². The number of carbonyl (C=O) groups excluding carboxylic acids is 1. The topological polar surface area (TPSA) is 138 Å². The number of hydrogen-bond acceptors (Lipinski definition) is 5. The molecule has 0 fully saturated rings. The summed E-state index contributed by atoms with van der Waals surface area (Å²) in [6.07, 6.45) is 37.4. The highest BCUT2D eigenvalue weighted by molar-refractivity contribution is 5.70. The number of unbranched alkanes of at least 4 members (excludes halogenated alkanes) is 24. The van der Waals surface area contributed by atoms with Crippen LogP contribution < -0.4 is 0 Å². The van der Waals surface area contributed by atoms with Gasteiger partial charge in [-0.05, 0) is 38.0 Å². The van der Waals surface area contributed by atoms with Gasteiger partial charge >= 0.3 is 17.9 Å². The van der Waals surface area contributed by atoms with E-state index in [0.29, 0.717) is 38.8 Å². The van der Waals surface area contributed by atoms with Crippen LogP contribution in [-0.2, 0) is 23.9 Å². The molecule has 2 unspecified atom stereocenters. The van der Waals surface area contributed by atoms with E-state index in [1.807, 2.05) is 0 Å². The minimum Gasteiger partial charge on any atom is -0.481 e. The minimum absolute atomic E-state index is 0.0718. The molecule has 0 saturated carbocycles. The van der Waals surface area contributed by atoms with Crippen molar-refractivity contribution in [1.29, 1.82) is 0 Å². The number of aliphatic carboxylic acids is 3.